The SMILES string of the molecule is OC(CNCc1cccc(F)c1Cl)C1CC1. The fourth-order valence-electron chi connectivity index (χ4n) is 1.69. The van der Waals surface area contributed by atoms with Crippen molar-refractivity contribution in [2.45, 2.75) is 25.5 Å². The van der Waals surface area contributed by atoms with Gasteiger partial charge in [0.15, 0.2) is 0 Å². The number of halogens is 2. The molecule has 1 aromatic rings. The summed E-state index contributed by atoms with van der Waals surface area (Å²) in [5.74, 6) is 0.0548. The third-order valence-electron chi connectivity index (χ3n) is 2.87. The second-order valence-electron chi connectivity index (χ2n) is 4.25. The van der Waals surface area contributed by atoms with Gasteiger partial charge in [0.25, 0.3) is 0 Å². The van der Waals surface area contributed by atoms with Crippen molar-refractivity contribution in [1.82, 2.24) is 5.32 Å². The zero-order valence-corrected chi connectivity index (χ0v) is 9.67. The van der Waals surface area contributed by atoms with E-state index in [2.05, 4.69) is 5.32 Å². The summed E-state index contributed by atoms with van der Waals surface area (Å²) in [5, 5.41) is 12.9. The van der Waals surface area contributed by atoms with Crippen LogP contribution in [0, 0.1) is 11.7 Å². The van der Waals surface area contributed by atoms with Gasteiger partial charge in [0.2, 0.25) is 0 Å². The van der Waals surface area contributed by atoms with Crippen LogP contribution in [-0.4, -0.2) is 17.8 Å². The van der Waals surface area contributed by atoms with Gasteiger partial charge >= 0.3 is 0 Å². The summed E-state index contributed by atoms with van der Waals surface area (Å²) in [5.41, 5.74) is 0.727. The Kier molecular flexibility index (Phi) is 3.79. The Morgan fingerprint density at radius 3 is 2.94 bits per heavy atom. The van der Waals surface area contributed by atoms with Crippen LogP contribution in [0.15, 0.2) is 18.2 Å². The third kappa shape index (κ3) is 2.94. The molecule has 2 N–H and O–H groups in total. The second-order valence-corrected chi connectivity index (χ2v) is 4.63. The lowest BCUT2D eigenvalue weighted by Gasteiger charge is -2.11. The highest BCUT2D eigenvalue weighted by atomic mass is 35.5. The predicted molar refractivity (Wildman–Crippen MR) is 61.8 cm³/mol. The highest BCUT2D eigenvalue weighted by molar-refractivity contribution is 6.31. The number of benzene rings is 1. The van der Waals surface area contributed by atoms with E-state index >= 15 is 0 Å². The lowest BCUT2D eigenvalue weighted by molar-refractivity contribution is 0.148. The molecule has 0 amide bonds. The Bertz CT molecular complexity index is 368. The molecule has 1 aliphatic carbocycles. The van der Waals surface area contributed by atoms with E-state index in [4.69, 9.17) is 11.6 Å². The minimum absolute atomic E-state index is 0.163. The molecule has 1 aliphatic rings. The van der Waals surface area contributed by atoms with Gasteiger partial charge in [-0.1, -0.05) is 23.7 Å². The highest BCUT2D eigenvalue weighted by Crippen LogP contribution is 2.32. The summed E-state index contributed by atoms with van der Waals surface area (Å²) in [7, 11) is 0. The minimum Gasteiger partial charge on any atom is -0.392 e. The first-order chi connectivity index (χ1) is 7.68. The van der Waals surface area contributed by atoms with Gasteiger partial charge in [-0.2, -0.15) is 0 Å². The lowest BCUT2D eigenvalue weighted by Crippen LogP contribution is -2.27. The molecule has 0 bridgehead atoms. The molecule has 0 saturated heterocycles. The molecule has 0 aliphatic heterocycles. The maximum atomic E-state index is 13.1. The van der Waals surface area contributed by atoms with E-state index in [-0.39, 0.29) is 11.1 Å². The van der Waals surface area contributed by atoms with Crippen molar-refractivity contribution in [2.24, 2.45) is 5.92 Å². The summed E-state index contributed by atoms with van der Waals surface area (Å²) >= 11 is 5.81. The van der Waals surface area contributed by atoms with Crippen LogP contribution in [-0.2, 0) is 6.54 Å². The van der Waals surface area contributed by atoms with Gasteiger partial charge < -0.3 is 10.4 Å². The van der Waals surface area contributed by atoms with E-state index in [0.717, 1.165) is 18.4 Å². The number of aliphatic hydroxyl groups excluding tert-OH is 1. The topological polar surface area (TPSA) is 32.3 Å². The molecule has 1 saturated carbocycles. The fraction of sp³-hybridized carbons (Fsp3) is 0.500. The molecule has 1 atom stereocenters. The predicted octanol–water partition coefficient (Wildman–Crippen LogP) is 2.34. The maximum Gasteiger partial charge on any atom is 0.142 e. The van der Waals surface area contributed by atoms with Crippen LogP contribution in [0.1, 0.15) is 18.4 Å². The number of aliphatic hydroxyl groups is 1. The van der Waals surface area contributed by atoms with Crippen LogP contribution < -0.4 is 5.32 Å². The first kappa shape index (κ1) is 11.8. The largest absolute Gasteiger partial charge is 0.392 e. The molecule has 2 rings (SSSR count). The van der Waals surface area contributed by atoms with Crippen molar-refractivity contribution in [1.29, 1.82) is 0 Å². The van der Waals surface area contributed by atoms with Crippen molar-refractivity contribution in [3.63, 3.8) is 0 Å². The molecule has 0 aromatic heterocycles. The van der Waals surface area contributed by atoms with Crippen LogP contribution in [0.5, 0.6) is 0 Å². The van der Waals surface area contributed by atoms with Crippen LogP contribution in [0.3, 0.4) is 0 Å². The highest BCUT2D eigenvalue weighted by Gasteiger charge is 2.29. The molecule has 1 fully saturated rings. The van der Waals surface area contributed by atoms with Crippen LogP contribution in [0.25, 0.3) is 0 Å². The van der Waals surface area contributed by atoms with Crippen molar-refractivity contribution in [2.75, 3.05) is 6.54 Å². The summed E-state index contributed by atoms with van der Waals surface area (Å²) in [6.07, 6.45) is 1.94. The fourth-order valence-corrected chi connectivity index (χ4v) is 1.88. The van der Waals surface area contributed by atoms with Gasteiger partial charge in [0.1, 0.15) is 5.82 Å². The third-order valence-corrected chi connectivity index (χ3v) is 3.29. The number of hydrogen-bond acceptors (Lipinski definition) is 2. The molecule has 88 valence electrons. The van der Waals surface area contributed by atoms with Gasteiger partial charge in [0, 0.05) is 13.1 Å². The van der Waals surface area contributed by atoms with Gasteiger partial charge in [-0.15, -0.1) is 0 Å². The Morgan fingerprint density at radius 2 is 2.25 bits per heavy atom. The zero-order valence-electron chi connectivity index (χ0n) is 8.92. The smallest absolute Gasteiger partial charge is 0.142 e. The molecular weight excluding hydrogens is 229 g/mol. The number of rotatable bonds is 5. The average Bonchev–Trinajstić information content (AvgIpc) is 3.07. The monoisotopic (exact) mass is 243 g/mol. The normalized spacial score (nSPS) is 17.4. The van der Waals surface area contributed by atoms with E-state index < -0.39 is 5.82 Å². The molecule has 0 radical (unpaired) electrons. The van der Waals surface area contributed by atoms with E-state index in [1.165, 1.54) is 6.07 Å². The maximum absolute atomic E-state index is 13.1. The van der Waals surface area contributed by atoms with Gasteiger partial charge in [-0.3, -0.25) is 0 Å². The molecule has 2 nitrogen and oxygen atoms in total. The lowest BCUT2D eigenvalue weighted by atomic mass is 10.2. The van der Waals surface area contributed by atoms with Crippen molar-refractivity contribution in [3.8, 4) is 0 Å². The molecule has 1 unspecified atom stereocenters. The zero-order chi connectivity index (χ0) is 11.5. The molecular formula is C12H15ClFNO. The molecule has 0 heterocycles. The summed E-state index contributed by atoms with van der Waals surface area (Å²) in [4.78, 5) is 0. The van der Waals surface area contributed by atoms with Crippen LogP contribution >= 0.6 is 11.6 Å². The quantitative estimate of drug-likeness (QED) is 0.832. The van der Waals surface area contributed by atoms with Gasteiger partial charge in [-0.05, 0) is 30.4 Å². The first-order valence-corrected chi connectivity index (χ1v) is 5.88. The Labute approximate surface area is 99.4 Å². The minimum atomic E-state index is -0.399. The van der Waals surface area contributed by atoms with E-state index in [1.54, 1.807) is 12.1 Å². The van der Waals surface area contributed by atoms with E-state index in [1.807, 2.05) is 0 Å². The number of hydrogen-bond donors (Lipinski definition) is 2. The standard InChI is InChI=1S/C12H15ClFNO/c13-12-9(2-1-3-10(12)14)6-15-7-11(16)8-4-5-8/h1-3,8,11,15-16H,4-7H2. The van der Waals surface area contributed by atoms with E-state index in [0.29, 0.717) is 19.0 Å². The second kappa shape index (κ2) is 5.13. The summed E-state index contributed by atoms with van der Waals surface area (Å²) in [6.45, 7) is 1.03. The summed E-state index contributed by atoms with van der Waals surface area (Å²) in [6, 6.07) is 4.75. The Morgan fingerprint density at radius 1 is 1.50 bits per heavy atom. The van der Waals surface area contributed by atoms with Crippen molar-refractivity contribution < 1.29 is 9.50 Å². The van der Waals surface area contributed by atoms with Gasteiger partial charge in [-0.25, -0.2) is 4.39 Å². The number of nitrogens with one attached hydrogen (secondary N) is 1. The molecule has 0 spiro atoms. The molecule has 4 heteroatoms. The Hall–Kier alpha value is -0.640. The van der Waals surface area contributed by atoms with Crippen molar-refractivity contribution in [3.05, 3.63) is 34.6 Å². The van der Waals surface area contributed by atoms with Crippen LogP contribution in [0.2, 0.25) is 5.02 Å². The molecule has 16 heavy (non-hydrogen) atoms. The first-order valence-electron chi connectivity index (χ1n) is 5.50. The molecule has 1 aromatic carbocycles. The summed E-state index contributed by atoms with van der Waals surface area (Å²) < 4.78 is 13.1. The van der Waals surface area contributed by atoms with Crippen LogP contribution in [0.4, 0.5) is 4.39 Å². The van der Waals surface area contributed by atoms with E-state index in [9.17, 15) is 9.50 Å². The average molecular weight is 244 g/mol. The Balaban J connectivity index is 1.82. The van der Waals surface area contributed by atoms with Gasteiger partial charge in [0.05, 0.1) is 11.1 Å². The van der Waals surface area contributed by atoms with Crippen molar-refractivity contribution >= 4 is 11.6 Å².